The fourth-order valence-electron chi connectivity index (χ4n) is 5.97. The number of hydrogen-bond acceptors (Lipinski definition) is 7. The van der Waals surface area contributed by atoms with Crippen LogP contribution < -0.4 is 0 Å². The van der Waals surface area contributed by atoms with Crippen molar-refractivity contribution in [3.05, 3.63) is 85.1 Å². The molecule has 9 nitrogen and oxygen atoms in total. The Morgan fingerprint density at radius 2 is 0.967 bits per heavy atom. The van der Waals surface area contributed by atoms with Gasteiger partial charge in [0.2, 0.25) is 0 Å². The summed E-state index contributed by atoms with van der Waals surface area (Å²) < 4.78 is 22.7. The lowest BCUT2D eigenvalue weighted by Gasteiger charge is -2.25. The number of allylic oxidation sites excluding steroid dienone is 14. The van der Waals surface area contributed by atoms with Gasteiger partial charge in [0.25, 0.3) is 6.29 Å². The van der Waals surface area contributed by atoms with E-state index < -0.39 is 24.3 Å². The molecule has 0 aliphatic heterocycles. The zero-order valence-corrected chi connectivity index (χ0v) is 39.3. The molecule has 1 N–H and O–H groups in total. The third-order valence-corrected chi connectivity index (χ3v) is 9.65. The van der Waals surface area contributed by atoms with Crippen LogP contribution in [-0.2, 0) is 33.3 Å². The first-order chi connectivity index (χ1) is 29.6. The summed E-state index contributed by atoms with van der Waals surface area (Å²) in [6, 6.07) is 0. The predicted octanol–water partition coefficient (Wildman–Crippen LogP) is 12.9. The van der Waals surface area contributed by atoms with Gasteiger partial charge in [-0.25, -0.2) is 4.79 Å². The molecule has 0 aromatic carbocycles. The SMILES string of the molecule is CC/C=C\C/C=C\C/C=C\C/C=C\C/C=C\C/C=C\CCC(=O)OC(COC(=O)CCCCCCCCC/C=C\CCCCCCCC)COC(OCC[N+](C)(C)C)C(=O)O. The van der Waals surface area contributed by atoms with Crippen molar-refractivity contribution in [2.24, 2.45) is 0 Å². The Balaban J connectivity index is 4.55. The van der Waals surface area contributed by atoms with Crippen molar-refractivity contribution in [2.75, 3.05) is 47.5 Å². The zero-order chi connectivity index (χ0) is 44.9. The van der Waals surface area contributed by atoms with Gasteiger partial charge in [0.1, 0.15) is 13.2 Å². The number of unbranched alkanes of at least 4 members (excludes halogenated alkanes) is 13. The van der Waals surface area contributed by atoms with Crippen LogP contribution in [-0.4, -0.2) is 87.4 Å². The van der Waals surface area contributed by atoms with E-state index in [0.29, 0.717) is 17.4 Å². The normalized spacial score (nSPS) is 13.7. The maximum Gasteiger partial charge on any atom is 0.361 e. The van der Waals surface area contributed by atoms with Gasteiger partial charge in [-0.2, -0.15) is 0 Å². The predicted molar refractivity (Wildman–Crippen MR) is 253 cm³/mol. The van der Waals surface area contributed by atoms with Crippen molar-refractivity contribution in [1.82, 2.24) is 0 Å². The van der Waals surface area contributed by atoms with Crippen LogP contribution in [0, 0.1) is 0 Å². The summed E-state index contributed by atoms with van der Waals surface area (Å²) in [5.74, 6) is -2.14. The zero-order valence-electron chi connectivity index (χ0n) is 39.3. The van der Waals surface area contributed by atoms with Crippen LogP contribution in [0.3, 0.4) is 0 Å². The van der Waals surface area contributed by atoms with Gasteiger partial charge in [-0.1, -0.05) is 163 Å². The fourth-order valence-corrected chi connectivity index (χ4v) is 5.97. The quantitative estimate of drug-likeness (QED) is 0.0213. The largest absolute Gasteiger partial charge is 0.477 e. The molecule has 0 spiro atoms. The number of ether oxygens (including phenoxy) is 4. The minimum Gasteiger partial charge on any atom is -0.477 e. The highest BCUT2D eigenvalue weighted by molar-refractivity contribution is 5.71. The number of hydrogen-bond donors (Lipinski definition) is 1. The Morgan fingerprint density at radius 3 is 1.46 bits per heavy atom. The number of carboxylic acid groups (broad SMARTS) is 1. The molecule has 0 aliphatic carbocycles. The van der Waals surface area contributed by atoms with Gasteiger partial charge in [-0.3, -0.25) is 9.59 Å². The minimum absolute atomic E-state index is 0.130. The number of nitrogens with zero attached hydrogens (tertiary/aromatic N) is 1. The maximum absolute atomic E-state index is 12.8. The van der Waals surface area contributed by atoms with Gasteiger partial charge in [0.05, 0.1) is 34.4 Å². The Hall–Kier alpha value is -3.53. The van der Waals surface area contributed by atoms with Gasteiger partial charge in [0, 0.05) is 12.8 Å². The second-order valence-electron chi connectivity index (χ2n) is 16.7. The third-order valence-electron chi connectivity index (χ3n) is 9.65. The number of rotatable bonds is 42. The first-order valence-electron chi connectivity index (χ1n) is 23.8. The molecule has 2 unspecified atom stereocenters. The van der Waals surface area contributed by atoms with Gasteiger partial charge >= 0.3 is 17.9 Å². The fraction of sp³-hybridized carbons (Fsp3) is 0.673. The topological polar surface area (TPSA) is 108 Å². The summed E-state index contributed by atoms with van der Waals surface area (Å²) in [5.41, 5.74) is 0. The van der Waals surface area contributed by atoms with Crippen LogP contribution in [0.4, 0.5) is 0 Å². The van der Waals surface area contributed by atoms with Crippen LogP contribution in [0.5, 0.6) is 0 Å². The lowest BCUT2D eigenvalue weighted by molar-refractivity contribution is -0.870. The van der Waals surface area contributed by atoms with Crippen molar-refractivity contribution in [2.45, 2.75) is 180 Å². The van der Waals surface area contributed by atoms with E-state index in [4.69, 9.17) is 18.9 Å². The minimum atomic E-state index is -1.53. The molecule has 0 aromatic rings. The number of quaternary nitrogens is 1. The van der Waals surface area contributed by atoms with Crippen LogP contribution in [0.25, 0.3) is 0 Å². The molecule has 0 amide bonds. The molecule has 61 heavy (non-hydrogen) atoms. The number of carbonyl (C=O) groups excluding carboxylic acids is 2. The van der Waals surface area contributed by atoms with Crippen molar-refractivity contribution in [3.63, 3.8) is 0 Å². The van der Waals surface area contributed by atoms with Crippen LogP contribution >= 0.6 is 0 Å². The summed E-state index contributed by atoms with van der Waals surface area (Å²) in [6.45, 7) is 4.64. The average molecular weight is 855 g/mol. The second-order valence-corrected chi connectivity index (χ2v) is 16.7. The molecule has 0 radical (unpaired) electrons. The number of esters is 2. The highest BCUT2D eigenvalue weighted by Crippen LogP contribution is 2.13. The molecule has 0 heterocycles. The lowest BCUT2D eigenvalue weighted by Crippen LogP contribution is -2.40. The van der Waals surface area contributed by atoms with Gasteiger partial charge in [-0.15, -0.1) is 0 Å². The second kappa shape index (κ2) is 43.1. The molecular weight excluding hydrogens is 767 g/mol. The molecule has 0 aromatic heterocycles. The number of carboxylic acids is 1. The summed E-state index contributed by atoms with van der Waals surface area (Å²) in [4.78, 5) is 37.1. The van der Waals surface area contributed by atoms with E-state index in [-0.39, 0.29) is 38.6 Å². The summed E-state index contributed by atoms with van der Waals surface area (Å²) >= 11 is 0. The molecule has 0 saturated carbocycles. The monoisotopic (exact) mass is 855 g/mol. The molecule has 0 aliphatic rings. The van der Waals surface area contributed by atoms with Crippen LogP contribution in [0.2, 0.25) is 0 Å². The van der Waals surface area contributed by atoms with Gasteiger partial charge < -0.3 is 28.5 Å². The van der Waals surface area contributed by atoms with E-state index in [9.17, 15) is 19.5 Å². The first kappa shape index (κ1) is 57.5. The first-order valence-corrected chi connectivity index (χ1v) is 23.8. The van der Waals surface area contributed by atoms with E-state index >= 15 is 0 Å². The molecule has 0 bridgehead atoms. The Bertz CT molecular complexity index is 1270. The molecule has 0 fully saturated rings. The average Bonchev–Trinajstić information content (AvgIpc) is 3.22. The van der Waals surface area contributed by atoms with E-state index in [0.717, 1.165) is 70.6 Å². The van der Waals surface area contributed by atoms with E-state index in [1.54, 1.807) is 0 Å². The van der Waals surface area contributed by atoms with Crippen molar-refractivity contribution in [1.29, 1.82) is 0 Å². The smallest absolute Gasteiger partial charge is 0.361 e. The molecule has 0 saturated heterocycles. The van der Waals surface area contributed by atoms with Crippen LogP contribution in [0.1, 0.15) is 168 Å². The van der Waals surface area contributed by atoms with Crippen molar-refractivity contribution < 1.29 is 42.9 Å². The van der Waals surface area contributed by atoms with E-state index in [1.807, 2.05) is 33.3 Å². The van der Waals surface area contributed by atoms with Gasteiger partial charge in [0.15, 0.2) is 6.10 Å². The van der Waals surface area contributed by atoms with E-state index in [1.165, 1.54) is 64.2 Å². The standard InChI is InChI=1S/C52H87NO8/c1-6-8-10-12-14-16-18-20-22-24-25-27-29-31-33-35-37-39-41-43-50(55)61-48(47-60-52(51(56)57)58-45-44-53(3,4)5)46-59-49(54)42-40-38-36-34-32-30-28-26-23-21-19-17-15-13-11-9-7-2/h8,10,14,16,20-23,25,27,31,33,37,39,48,52H,6-7,9,11-13,15,17-19,24,26,28-30,32,34-36,38,40-47H2,1-5H3/p+1/b10-8-,16-14-,22-20-,23-21-,27-25-,33-31-,39-37-. The van der Waals surface area contributed by atoms with Gasteiger partial charge in [-0.05, 0) is 77.0 Å². The Kier molecular flexibility index (Phi) is 40.6. The summed E-state index contributed by atoms with van der Waals surface area (Å²) in [7, 11) is 5.92. The number of aliphatic carboxylic acids is 1. The maximum atomic E-state index is 12.8. The van der Waals surface area contributed by atoms with Crippen molar-refractivity contribution >= 4 is 17.9 Å². The highest BCUT2D eigenvalue weighted by atomic mass is 16.7. The Labute approximate surface area is 372 Å². The number of likely N-dealkylation sites (N-methyl/N-ethyl adjacent to an activating group) is 1. The summed E-state index contributed by atoms with van der Waals surface area (Å²) in [6.07, 6.45) is 52.3. The summed E-state index contributed by atoms with van der Waals surface area (Å²) in [5, 5.41) is 9.64. The lowest BCUT2D eigenvalue weighted by atomic mass is 10.1. The molecular formula is C52H88NO8+. The molecule has 348 valence electrons. The van der Waals surface area contributed by atoms with Crippen LogP contribution in [0.15, 0.2) is 85.1 Å². The number of carbonyl (C=O) groups is 3. The highest BCUT2D eigenvalue weighted by Gasteiger charge is 2.25. The Morgan fingerprint density at radius 1 is 0.508 bits per heavy atom. The van der Waals surface area contributed by atoms with E-state index in [2.05, 4.69) is 86.8 Å². The molecule has 9 heteroatoms. The molecule has 2 atom stereocenters. The molecule has 0 rings (SSSR count). The van der Waals surface area contributed by atoms with Crippen molar-refractivity contribution in [3.8, 4) is 0 Å². The third kappa shape index (κ3) is 44.3.